The van der Waals surface area contributed by atoms with Crippen LogP contribution in [0.4, 0.5) is 5.82 Å². The minimum absolute atomic E-state index is 0.278. The summed E-state index contributed by atoms with van der Waals surface area (Å²) in [4.78, 5) is 36.7. The monoisotopic (exact) mass is 511 g/mol. The molecule has 0 atom stereocenters. The molecule has 0 fully saturated rings. The summed E-state index contributed by atoms with van der Waals surface area (Å²) >= 11 is 6.32. The third-order valence-electron chi connectivity index (χ3n) is 6.13. The van der Waals surface area contributed by atoms with Crippen LogP contribution < -0.4 is 10.6 Å². The molecule has 186 valence electrons. The third kappa shape index (κ3) is 5.04. The molecule has 0 aliphatic carbocycles. The number of unbranched alkanes of at least 4 members (excludes halogenated alkanes) is 1. The van der Waals surface area contributed by atoms with Crippen molar-refractivity contribution in [3.05, 3.63) is 101 Å². The van der Waals surface area contributed by atoms with E-state index in [0.717, 1.165) is 18.4 Å². The van der Waals surface area contributed by atoms with Crippen molar-refractivity contribution >= 4 is 51.4 Å². The van der Waals surface area contributed by atoms with Crippen molar-refractivity contribution in [1.82, 2.24) is 19.9 Å². The second-order valence-corrected chi connectivity index (χ2v) is 9.13. The van der Waals surface area contributed by atoms with Gasteiger partial charge in [0.25, 0.3) is 11.8 Å². The fourth-order valence-electron chi connectivity index (χ4n) is 4.25. The number of fused-ring (bicyclic) bond motifs is 2. The van der Waals surface area contributed by atoms with Crippen LogP contribution in [0.5, 0.6) is 0 Å². The van der Waals surface area contributed by atoms with Gasteiger partial charge in [0.1, 0.15) is 16.9 Å². The Kier molecular flexibility index (Phi) is 7.14. The molecule has 0 spiro atoms. The van der Waals surface area contributed by atoms with Gasteiger partial charge in [-0.3, -0.25) is 9.59 Å². The summed E-state index contributed by atoms with van der Waals surface area (Å²) < 4.78 is 1.84. The predicted molar refractivity (Wildman–Crippen MR) is 147 cm³/mol. The van der Waals surface area contributed by atoms with Gasteiger partial charge in [0, 0.05) is 6.54 Å². The van der Waals surface area contributed by atoms with E-state index in [1.54, 1.807) is 24.3 Å². The standard InChI is InChI=1S/C29H26ClN5O2/c1-2-3-17-31-29(37)24-25-27(33-23-16-10-9-15-22(23)32-25)35(18-19-11-5-4-6-12-19)26(24)34-28(36)20-13-7-8-14-21(20)30/h4-16H,2-3,17-18H2,1H3,(H,31,37)(H,34,36). The second kappa shape index (κ2) is 10.8. The summed E-state index contributed by atoms with van der Waals surface area (Å²) in [6, 6.07) is 24.1. The van der Waals surface area contributed by atoms with Crippen molar-refractivity contribution in [3.63, 3.8) is 0 Å². The largest absolute Gasteiger partial charge is 0.352 e. The Balaban J connectivity index is 1.73. The molecule has 3 aromatic carbocycles. The average molecular weight is 512 g/mol. The number of carbonyl (C=O) groups excluding carboxylic acids is 2. The smallest absolute Gasteiger partial charge is 0.258 e. The number of para-hydroxylation sites is 2. The fraction of sp³-hybridized carbons (Fsp3) is 0.172. The van der Waals surface area contributed by atoms with E-state index in [4.69, 9.17) is 21.6 Å². The highest BCUT2D eigenvalue weighted by molar-refractivity contribution is 6.34. The number of hydrogen-bond acceptors (Lipinski definition) is 4. The average Bonchev–Trinajstić information content (AvgIpc) is 3.19. The molecule has 0 radical (unpaired) electrons. The molecule has 37 heavy (non-hydrogen) atoms. The molecule has 2 amide bonds. The lowest BCUT2D eigenvalue weighted by molar-refractivity contribution is 0.0955. The maximum absolute atomic E-state index is 13.6. The number of nitrogens with zero attached hydrogens (tertiary/aromatic N) is 3. The number of rotatable bonds is 8. The molecule has 0 saturated carbocycles. The number of aromatic nitrogens is 3. The molecule has 0 aliphatic rings. The molecule has 2 heterocycles. The number of nitrogens with one attached hydrogen (secondary N) is 2. The normalized spacial score (nSPS) is 11.1. The summed E-state index contributed by atoms with van der Waals surface area (Å²) in [5, 5.41) is 6.28. The van der Waals surface area contributed by atoms with E-state index in [-0.39, 0.29) is 11.5 Å². The Morgan fingerprint density at radius 2 is 1.54 bits per heavy atom. The fourth-order valence-corrected chi connectivity index (χ4v) is 4.47. The number of carbonyl (C=O) groups is 2. The van der Waals surface area contributed by atoms with Crippen LogP contribution in [-0.2, 0) is 6.54 Å². The second-order valence-electron chi connectivity index (χ2n) is 8.72. The van der Waals surface area contributed by atoms with Crippen LogP contribution >= 0.6 is 11.6 Å². The Morgan fingerprint density at radius 1 is 0.865 bits per heavy atom. The van der Waals surface area contributed by atoms with Crippen molar-refractivity contribution in [1.29, 1.82) is 0 Å². The SMILES string of the molecule is CCCCNC(=O)c1c(NC(=O)c2ccccc2Cl)n(Cc2ccccc2)c2nc3ccccc3nc12. The molecule has 0 unspecified atom stereocenters. The summed E-state index contributed by atoms with van der Waals surface area (Å²) in [5.41, 5.74) is 3.88. The van der Waals surface area contributed by atoms with Crippen LogP contribution in [0.15, 0.2) is 78.9 Å². The summed E-state index contributed by atoms with van der Waals surface area (Å²) in [5.74, 6) is -0.410. The Morgan fingerprint density at radius 3 is 2.27 bits per heavy atom. The van der Waals surface area contributed by atoms with E-state index in [1.165, 1.54) is 0 Å². The molecule has 0 bridgehead atoms. The highest BCUT2D eigenvalue weighted by Gasteiger charge is 2.27. The predicted octanol–water partition coefficient (Wildman–Crippen LogP) is 6.07. The Labute approximate surface area is 219 Å². The van der Waals surface area contributed by atoms with Crippen molar-refractivity contribution in [2.24, 2.45) is 0 Å². The van der Waals surface area contributed by atoms with E-state index >= 15 is 0 Å². The van der Waals surface area contributed by atoms with Crippen LogP contribution in [0.3, 0.4) is 0 Å². The van der Waals surface area contributed by atoms with Gasteiger partial charge in [-0.1, -0.05) is 79.5 Å². The lowest BCUT2D eigenvalue weighted by atomic mass is 10.2. The third-order valence-corrected chi connectivity index (χ3v) is 6.46. The van der Waals surface area contributed by atoms with E-state index < -0.39 is 5.91 Å². The van der Waals surface area contributed by atoms with Crippen molar-refractivity contribution in [2.45, 2.75) is 26.3 Å². The highest BCUT2D eigenvalue weighted by atomic mass is 35.5. The molecule has 0 aliphatic heterocycles. The Hall–Kier alpha value is -4.23. The highest BCUT2D eigenvalue weighted by Crippen LogP contribution is 2.31. The maximum Gasteiger partial charge on any atom is 0.258 e. The van der Waals surface area contributed by atoms with E-state index in [0.29, 0.717) is 51.7 Å². The zero-order valence-corrected chi connectivity index (χ0v) is 21.1. The summed E-state index contributed by atoms with van der Waals surface area (Å²) in [6.07, 6.45) is 1.78. The first-order chi connectivity index (χ1) is 18.1. The van der Waals surface area contributed by atoms with Gasteiger partial charge in [0.15, 0.2) is 5.65 Å². The van der Waals surface area contributed by atoms with Gasteiger partial charge < -0.3 is 15.2 Å². The maximum atomic E-state index is 13.6. The van der Waals surface area contributed by atoms with Crippen molar-refractivity contribution in [2.75, 3.05) is 11.9 Å². The number of anilines is 1. The van der Waals surface area contributed by atoms with Crippen LogP contribution in [-0.4, -0.2) is 32.9 Å². The number of halogens is 1. The zero-order valence-electron chi connectivity index (χ0n) is 20.4. The zero-order chi connectivity index (χ0) is 25.8. The van der Waals surface area contributed by atoms with Crippen molar-refractivity contribution < 1.29 is 9.59 Å². The van der Waals surface area contributed by atoms with Crippen LogP contribution in [0.25, 0.3) is 22.2 Å². The molecule has 7 nitrogen and oxygen atoms in total. The quantitative estimate of drug-likeness (QED) is 0.247. The van der Waals surface area contributed by atoms with Crippen LogP contribution in [0.2, 0.25) is 5.02 Å². The summed E-state index contributed by atoms with van der Waals surface area (Å²) in [7, 11) is 0. The minimum atomic E-state index is -0.421. The van der Waals surface area contributed by atoms with Gasteiger partial charge in [-0.2, -0.15) is 0 Å². The number of benzene rings is 3. The van der Waals surface area contributed by atoms with Crippen LogP contribution in [0, 0.1) is 0 Å². The van der Waals surface area contributed by atoms with Gasteiger partial charge in [0.2, 0.25) is 0 Å². The summed E-state index contributed by atoms with van der Waals surface area (Å²) in [6.45, 7) is 2.95. The Bertz CT molecular complexity index is 1600. The van der Waals surface area contributed by atoms with Gasteiger partial charge in [0.05, 0.1) is 28.2 Å². The first-order valence-corrected chi connectivity index (χ1v) is 12.6. The van der Waals surface area contributed by atoms with E-state index in [9.17, 15) is 9.59 Å². The lowest BCUT2D eigenvalue weighted by Crippen LogP contribution is -2.26. The molecular weight excluding hydrogens is 486 g/mol. The molecular formula is C29H26ClN5O2. The van der Waals surface area contributed by atoms with Gasteiger partial charge in [-0.05, 0) is 36.2 Å². The van der Waals surface area contributed by atoms with Gasteiger partial charge in [-0.25, -0.2) is 9.97 Å². The van der Waals surface area contributed by atoms with Crippen molar-refractivity contribution in [3.8, 4) is 0 Å². The van der Waals surface area contributed by atoms with Gasteiger partial charge in [-0.15, -0.1) is 0 Å². The van der Waals surface area contributed by atoms with E-state index in [1.807, 2.05) is 59.2 Å². The van der Waals surface area contributed by atoms with E-state index in [2.05, 4.69) is 17.6 Å². The van der Waals surface area contributed by atoms with Crippen LogP contribution in [0.1, 0.15) is 46.0 Å². The molecule has 5 rings (SSSR count). The topological polar surface area (TPSA) is 88.9 Å². The molecule has 2 N–H and O–H groups in total. The number of hydrogen-bond donors (Lipinski definition) is 2. The first-order valence-electron chi connectivity index (χ1n) is 12.2. The molecule has 5 aromatic rings. The molecule has 8 heteroatoms. The minimum Gasteiger partial charge on any atom is -0.352 e. The molecule has 0 saturated heterocycles. The van der Waals surface area contributed by atoms with Gasteiger partial charge >= 0.3 is 0 Å². The first kappa shape index (κ1) is 24.5. The lowest BCUT2D eigenvalue weighted by Gasteiger charge is -2.14. The molecule has 2 aromatic heterocycles. The number of amides is 2.